The molecule has 1 saturated heterocycles. The fourth-order valence-electron chi connectivity index (χ4n) is 2.55. The van der Waals surface area contributed by atoms with Gasteiger partial charge in [-0.15, -0.1) is 0 Å². The van der Waals surface area contributed by atoms with Crippen LogP contribution in [-0.2, 0) is 14.6 Å². The zero-order chi connectivity index (χ0) is 15.5. The van der Waals surface area contributed by atoms with Gasteiger partial charge in [0.25, 0.3) is 0 Å². The standard InChI is InChI=1S/C16H21NO3S/c1-3-13(14-7-5-4-6-8-14)11-16(18)17(2)15-9-10-21(19,20)12-15/h4-8,11,15H,3,9-10,12H2,1-2H3/b13-11+. The van der Waals surface area contributed by atoms with E-state index in [2.05, 4.69) is 0 Å². The highest BCUT2D eigenvalue weighted by Crippen LogP contribution is 2.20. The molecule has 1 aromatic rings. The average molecular weight is 307 g/mol. The summed E-state index contributed by atoms with van der Waals surface area (Å²) in [6, 6.07) is 9.57. The van der Waals surface area contributed by atoms with Gasteiger partial charge in [0.05, 0.1) is 11.5 Å². The maximum absolute atomic E-state index is 12.3. The molecule has 1 aliphatic rings. The quantitative estimate of drug-likeness (QED) is 0.801. The molecule has 0 N–H and O–H groups in total. The molecule has 1 heterocycles. The SMILES string of the molecule is CC/C(=C\C(=O)N(C)C1CCS(=O)(=O)C1)c1ccccc1. The molecule has 0 bridgehead atoms. The number of hydrogen-bond donors (Lipinski definition) is 0. The minimum absolute atomic E-state index is 0.0792. The van der Waals surface area contributed by atoms with Gasteiger partial charge in [0, 0.05) is 19.2 Å². The normalized spacial score (nSPS) is 21.2. The van der Waals surface area contributed by atoms with Gasteiger partial charge in [-0.2, -0.15) is 0 Å². The van der Waals surface area contributed by atoms with Gasteiger partial charge >= 0.3 is 0 Å². The third-order valence-corrected chi connectivity index (χ3v) is 5.68. The number of carbonyl (C=O) groups is 1. The van der Waals surface area contributed by atoms with Gasteiger partial charge in [-0.05, 0) is 24.0 Å². The number of amides is 1. The van der Waals surface area contributed by atoms with Crippen molar-refractivity contribution in [2.75, 3.05) is 18.6 Å². The topological polar surface area (TPSA) is 54.5 Å². The molecule has 5 heteroatoms. The highest BCUT2D eigenvalue weighted by molar-refractivity contribution is 7.91. The number of sulfone groups is 1. The second kappa shape index (κ2) is 6.43. The van der Waals surface area contributed by atoms with Crippen molar-refractivity contribution in [1.82, 2.24) is 4.90 Å². The monoisotopic (exact) mass is 307 g/mol. The molecule has 114 valence electrons. The lowest BCUT2D eigenvalue weighted by atomic mass is 10.0. The Balaban J connectivity index is 2.14. The number of benzene rings is 1. The van der Waals surface area contributed by atoms with Crippen LogP contribution in [0.15, 0.2) is 36.4 Å². The fourth-order valence-corrected chi connectivity index (χ4v) is 4.33. The van der Waals surface area contributed by atoms with Crippen molar-refractivity contribution in [2.24, 2.45) is 0 Å². The highest BCUT2D eigenvalue weighted by atomic mass is 32.2. The van der Waals surface area contributed by atoms with E-state index in [0.717, 1.165) is 17.6 Å². The summed E-state index contributed by atoms with van der Waals surface area (Å²) in [4.78, 5) is 13.9. The highest BCUT2D eigenvalue weighted by Gasteiger charge is 2.32. The summed E-state index contributed by atoms with van der Waals surface area (Å²) in [6.45, 7) is 2.01. The van der Waals surface area contributed by atoms with Crippen LogP contribution in [0.1, 0.15) is 25.3 Å². The Morgan fingerprint density at radius 1 is 1.33 bits per heavy atom. The zero-order valence-corrected chi connectivity index (χ0v) is 13.3. The van der Waals surface area contributed by atoms with Gasteiger partial charge in [-0.1, -0.05) is 37.3 Å². The molecular formula is C16H21NO3S. The molecule has 0 radical (unpaired) electrons. The Hall–Kier alpha value is -1.62. The lowest BCUT2D eigenvalue weighted by Crippen LogP contribution is -2.36. The van der Waals surface area contributed by atoms with Crippen molar-refractivity contribution in [3.05, 3.63) is 42.0 Å². The summed E-state index contributed by atoms with van der Waals surface area (Å²) in [7, 11) is -1.29. The van der Waals surface area contributed by atoms with Crippen LogP contribution in [0, 0.1) is 0 Å². The first-order valence-electron chi connectivity index (χ1n) is 7.16. The van der Waals surface area contributed by atoms with Crippen LogP contribution < -0.4 is 0 Å². The summed E-state index contributed by atoms with van der Waals surface area (Å²) < 4.78 is 23.0. The first-order valence-corrected chi connectivity index (χ1v) is 8.98. The Morgan fingerprint density at radius 3 is 2.52 bits per heavy atom. The van der Waals surface area contributed by atoms with E-state index in [-0.39, 0.29) is 23.5 Å². The van der Waals surface area contributed by atoms with Crippen LogP contribution in [0.3, 0.4) is 0 Å². The number of likely N-dealkylation sites (N-methyl/N-ethyl adjacent to an activating group) is 1. The number of nitrogens with zero attached hydrogens (tertiary/aromatic N) is 1. The predicted octanol–water partition coefficient (Wildman–Crippen LogP) is 2.13. The molecule has 0 saturated carbocycles. The average Bonchev–Trinajstić information content (AvgIpc) is 2.84. The van der Waals surface area contributed by atoms with Crippen molar-refractivity contribution in [2.45, 2.75) is 25.8 Å². The molecule has 1 amide bonds. The van der Waals surface area contributed by atoms with Crippen molar-refractivity contribution in [1.29, 1.82) is 0 Å². The summed E-state index contributed by atoms with van der Waals surface area (Å²) in [5, 5.41) is 0. The molecule has 2 rings (SSSR count). The summed E-state index contributed by atoms with van der Waals surface area (Å²) in [5.41, 5.74) is 1.99. The molecule has 0 aliphatic carbocycles. The smallest absolute Gasteiger partial charge is 0.246 e. The molecule has 21 heavy (non-hydrogen) atoms. The molecule has 4 nitrogen and oxygen atoms in total. The first-order chi connectivity index (χ1) is 9.93. The summed E-state index contributed by atoms with van der Waals surface area (Å²) >= 11 is 0. The fraction of sp³-hybridized carbons (Fsp3) is 0.438. The van der Waals surface area contributed by atoms with Gasteiger partial charge in [0.2, 0.25) is 5.91 Å². The molecule has 1 atom stereocenters. The Morgan fingerprint density at radius 2 is 2.00 bits per heavy atom. The second-order valence-corrected chi connectivity index (χ2v) is 7.62. The van der Waals surface area contributed by atoms with Gasteiger partial charge in [0.15, 0.2) is 9.84 Å². The van der Waals surface area contributed by atoms with E-state index in [1.54, 1.807) is 18.0 Å². The molecule has 1 aromatic carbocycles. The molecule has 1 aliphatic heterocycles. The van der Waals surface area contributed by atoms with Gasteiger partial charge in [-0.3, -0.25) is 4.79 Å². The lowest BCUT2D eigenvalue weighted by Gasteiger charge is -2.22. The largest absolute Gasteiger partial charge is 0.338 e. The molecule has 1 fully saturated rings. The zero-order valence-electron chi connectivity index (χ0n) is 12.5. The van der Waals surface area contributed by atoms with E-state index in [1.165, 1.54) is 0 Å². The van der Waals surface area contributed by atoms with Crippen molar-refractivity contribution < 1.29 is 13.2 Å². The van der Waals surface area contributed by atoms with E-state index in [0.29, 0.717) is 6.42 Å². The summed E-state index contributed by atoms with van der Waals surface area (Å²) in [5.74, 6) is 0.131. The Kier molecular flexibility index (Phi) is 4.83. The van der Waals surface area contributed by atoms with E-state index in [1.807, 2.05) is 37.3 Å². The number of allylic oxidation sites excluding steroid dienone is 1. The lowest BCUT2D eigenvalue weighted by molar-refractivity contribution is -0.126. The van der Waals surface area contributed by atoms with Crippen LogP contribution in [0.4, 0.5) is 0 Å². The molecule has 0 aromatic heterocycles. The van der Waals surface area contributed by atoms with Crippen LogP contribution in [0.25, 0.3) is 5.57 Å². The summed E-state index contributed by atoms with van der Waals surface area (Å²) in [6.07, 6.45) is 2.91. The third kappa shape index (κ3) is 3.94. The molecular weight excluding hydrogens is 286 g/mol. The van der Waals surface area contributed by atoms with Gasteiger partial charge in [-0.25, -0.2) is 8.42 Å². The van der Waals surface area contributed by atoms with Crippen molar-refractivity contribution >= 4 is 21.3 Å². The van der Waals surface area contributed by atoms with Crippen LogP contribution in [0.2, 0.25) is 0 Å². The maximum atomic E-state index is 12.3. The van der Waals surface area contributed by atoms with Gasteiger partial charge in [0.1, 0.15) is 0 Å². The first kappa shape index (κ1) is 15.8. The number of hydrogen-bond acceptors (Lipinski definition) is 3. The Bertz CT molecular complexity index is 635. The Labute approximate surface area is 126 Å². The maximum Gasteiger partial charge on any atom is 0.246 e. The number of carbonyl (C=O) groups excluding carboxylic acids is 1. The van der Waals surface area contributed by atoms with E-state index < -0.39 is 9.84 Å². The van der Waals surface area contributed by atoms with E-state index >= 15 is 0 Å². The second-order valence-electron chi connectivity index (χ2n) is 5.40. The van der Waals surface area contributed by atoms with Crippen LogP contribution in [0.5, 0.6) is 0 Å². The van der Waals surface area contributed by atoms with Crippen LogP contribution in [-0.4, -0.2) is 43.8 Å². The van der Waals surface area contributed by atoms with E-state index in [9.17, 15) is 13.2 Å². The minimum atomic E-state index is -2.97. The van der Waals surface area contributed by atoms with Gasteiger partial charge < -0.3 is 4.90 Å². The third-order valence-electron chi connectivity index (χ3n) is 3.93. The van der Waals surface area contributed by atoms with Crippen molar-refractivity contribution in [3.63, 3.8) is 0 Å². The minimum Gasteiger partial charge on any atom is -0.338 e. The van der Waals surface area contributed by atoms with E-state index in [4.69, 9.17) is 0 Å². The molecule has 0 spiro atoms. The van der Waals surface area contributed by atoms with Crippen LogP contribution >= 0.6 is 0 Å². The van der Waals surface area contributed by atoms with Crippen molar-refractivity contribution in [3.8, 4) is 0 Å². The number of rotatable bonds is 4. The predicted molar refractivity (Wildman–Crippen MR) is 84.5 cm³/mol. The molecule has 1 unspecified atom stereocenters.